The van der Waals surface area contributed by atoms with E-state index in [1.165, 1.54) is 173 Å². The van der Waals surface area contributed by atoms with Gasteiger partial charge in [0.1, 0.15) is 12.6 Å². The molecule has 3 atom stereocenters. The molecule has 0 spiro atoms. The molecule has 62 heavy (non-hydrogen) atoms. The van der Waals surface area contributed by atoms with Crippen molar-refractivity contribution in [3.8, 4) is 0 Å². The van der Waals surface area contributed by atoms with Gasteiger partial charge in [-0.05, 0) is 38.5 Å². The second-order valence-electron chi connectivity index (χ2n) is 17.7. The van der Waals surface area contributed by atoms with Crippen LogP contribution in [0.2, 0.25) is 0 Å². The highest BCUT2D eigenvalue weighted by molar-refractivity contribution is 7.47. The number of rotatable bonds is 49. The maximum atomic E-state index is 12.7. The van der Waals surface area contributed by atoms with E-state index in [0.29, 0.717) is 12.8 Å². The molecule has 0 saturated carbocycles. The van der Waals surface area contributed by atoms with Crippen molar-refractivity contribution in [2.45, 2.75) is 270 Å². The average Bonchev–Trinajstić information content (AvgIpc) is 3.25. The maximum absolute atomic E-state index is 12.7. The Morgan fingerprint density at radius 1 is 0.484 bits per heavy atom. The number of hydrogen-bond donors (Lipinski definition) is 3. The molecule has 0 aromatic heterocycles. The van der Waals surface area contributed by atoms with Crippen molar-refractivity contribution in [3.63, 3.8) is 0 Å². The molecule has 0 aromatic rings. The standard InChI is InChI=1S/C50H96NO10P/c1-3-5-7-9-11-13-15-17-19-20-21-22-23-24-25-26-28-30-32-34-36-38-40-42-49(53)61-46(44-59-62(56,57)60-45-47(51)50(54)55)43-58-48(52)41-39-37-35-33-31-29-27-18-16-14-12-10-8-6-4-2/h29,31,46-47H,3-28,30,32-45,51H2,1-2H3,(H,54,55)(H,56,57)/b31-29+/t46-,47-/m0/s1. The second kappa shape index (κ2) is 45.8. The first-order chi connectivity index (χ1) is 30.1. The van der Waals surface area contributed by atoms with Crippen molar-refractivity contribution in [1.29, 1.82) is 0 Å². The number of phosphoric acid groups is 1. The molecule has 0 saturated heterocycles. The number of phosphoric ester groups is 1. The van der Waals surface area contributed by atoms with Crippen LogP contribution in [0.3, 0.4) is 0 Å². The first-order valence-electron chi connectivity index (χ1n) is 25.7. The van der Waals surface area contributed by atoms with Gasteiger partial charge in [-0.3, -0.25) is 23.4 Å². The fraction of sp³-hybridized carbons (Fsp3) is 0.900. The van der Waals surface area contributed by atoms with Crippen LogP contribution < -0.4 is 5.73 Å². The molecule has 0 amide bonds. The van der Waals surface area contributed by atoms with Gasteiger partial charge in [0.05, 0.1) is 13.2 Å². The van der Waals surface area contributed by atoms with Crippen LogP contribution in [0.5, 0.6) is 0 Å². The largest absolute Gasteiger partial charge is 0.480 e. The lowest BCUT2D eigenvalue weighted by atomic mass is 10.0. The van der Waals surface area contributed by atoms with Gasteiger partial charge in [-0.15, -0.1) is 0 Å². The predicted octanol–water partition coefficient (Wildman–Crippen LogP) is 14.4. The van der Waals surface area contributed by atoms with Crippen LogP contribution in [0.4, 0.5) is 0 Å². The van der Waals surface area contributed by atoms with Crippen LogP contribution in [0.15, 0.2) is 12.2 Å². The number of nitrogens with two attached hydrogens (primary N) is 1. The zero-order chi connectivity index (χ0) is 45.6. The number of carboxylic acids is 1. The quantitative estimate of drug-likeness (QED) is 0.0230. The van der Waals surface area contributed by atoms with Gasteiger partial charge in [-0.25, -0.2) is 4.57 Å². The highest BCUT2D eigenvalue weighted by Crippen LogP contribution is 2.43. The number of allylic oxidation sites excluding steroid dienone is 2. The van der Waals surface area contributed by atoms with Gasteiger partial charge >= 0.3 is 25.7 Å². The van der Waals surface area contributed by atoms with Gasteiger partial charge in [-0.1, -0.05) is 219 Å². The van der Waals surface area contributed by atoms with Gasteiger partial charge in [-0.2, -0.15) is 0 Å². The number of carbonyl (C=O) groups excluding carboxylic acids is 2. The van der Waals surface area contributed by atoms with Crippen molar-refractivity contribution in [2.24, 2.45) is 5.73 Å². The summed E-state index contributed by atoms with van der Waals surface area (Å²) < 4.78 is 32.8. The lowest BCUT2D eigenvalue weighted by Crippen LogP contribution is -2.34. The Kier molecular flexibility index (Phi) is 44.5. The van der Waals surface area contributed by atoms with Crippen LogP contribution >= 0.6 is 7.82 Å². The summed E-state index contributed by atoms with van der Waals surface area (Å²) in [6.45, 7) is 2.84. The number of carbonyl (C=O) groups is 3. The molecule has 0 fully saturated rings. The van der Waals surface area contributed by atoms with Crippen LogP contribution in [-0.4, -0.2) is 59.9 Å². The van der Waals surface area contributed by atoms with Gasteiger partial charge in [0.2, 0.25) is 0 Å². The van der Waals surface area contributed by atoms with E-state index >= 15 is 0 Å². The molecule has 12 heteroatoms. The van der Waals surface area contributed by atoms with Gasteiger partial charge in [0, 0.05) is 12.8 Å². The number of aliphatic carboxylic acids is 1. The molecule has 0 heterocycles. The van der Waals surface area contributed by atoms with Gasteiger partial charge < -0.3 is 25.2 Å². The summed E-state index contributed by atoms with van der Waals surface area (Å²) >= 11 is 0. The maximum Gasteiger partial charge on any atom is 0.472 e. The molecule has 366 valence electrons. The summed E-state index contributed by atoms with van der Waals surface area (Å²) in [5.41, 5.74) is 5.35. The normalized spacial score (nSPS) is 13.6. The fourth-order valence-corrected chi connectivity index (χ4v) is 8.25. The molecule has 0 rings (SSSR count). The van der Waals surface area contributed by atoms with Crippen molar-refractivity contribution < 1.29 is 47.5 Å². The van der Waals surface area contributed by atoms with E-state index in [9.17, 15) is 23.8 Å². The molecular formula is C50H96NO10P. The summed E-state index contributed by atoms with van der Waals surface area (Å²) in [5, 5.41) is 8.91. The van der Waals surface area contributed by atoms with Crippen molar-refractivity contribution in [1.82, 2.24) is 0 Å². The summed E-state index contributed by atoms with van der Waals surface area (Å²) in [5.74, 6) is -2.38. The Morgan fingerprint density at radius 2 is 0.806 bits per heavy atom. The highest BCUT2D eigenvalue weighted by Gasteiger charge is 2.28. The molecule has 4 N–H and O–H groups in total. The van der Waals surface area contributed by atoms with E-state index < -0.39 is 51.1 Å². The Balaban J connectivity index is 4.19. The Labute approximate surface area is 379 Å². The van der Waals surface area contributed by atoms with Crippen molar-refractivity contribution in [2.75, 3.05) is 19.8 Å². The molecule has 0 aliphatic heterocycles. The summed E-state index contributed by atoms with van der Waals surface area (Å²) in [7, 11) is -4.72. The molecule has 0 aromatic carbocycles. The third-order valence-corrected chi connectivity index (χ3v) is 12.5. The van der Waals surface area contributed by atoms with Crippen LogP contribution in [0.1, 0.15) is 258 Å². The molecule has 11 nitrogen and oxygen atoms in total. The molecular weight excluding hydrogens is 806 g/mol. The minimum absolute atomic E-state index is 0.165. The molecule has 1 unspecified atom stereocenters. The van der Waals surface area contributed by atoms with E-state index in [0.717, 1.165) is 44.9 Å². The third-order valence-electron chi connectivity index (χ3n) is 11.5. The molecule has 0 radical (unpaired) electrons. The second-order valence-corrected chi connectivity index (χ2v) is 19.1. The topological polar surface area (TPSA) is 172 Å². The monoisotopic (exact) mass is 902 g/mol. The Hall–Kier alpha value is -1.78. The van der Waals surface area contributed by atoms with Gasteiger partial charge in [0.15, 0.2) is 6.10 Å². The van der Waals surface area contributed by atoms with Crippen LogP contribution in [0.25, 0.3) is 0 Å². The zero-order valence-electron chi connectivity index (χ0n) is 40.0. The zero-order valence-corrected chi connectivity index (χ0v) is 40.9. The minimum atomic E-state index is -4.72. The van der Waals surface area contributed by atoms with E-state index in [2.05, 4.69) is 30.5 Å². The average molecular weight is 902 g/mol. The minimum Gasteiger partial charge on any atom is -0.480 e. The van der Waals surface area contributed by atoms with E-state index in [1.54, 1.807) is 0 Å². The lowest BCUT2D eigenvalue weighted by Gasteiger charge is -2.20. The Morgan fingerprint density at radius 3 is 1.19 bits per heavy atom. The smallest absolute Gasteiger partial charge is 0.472 e. The molecule has 0 aliphatic rings. The van der Waals surface area contributed by atoms with Crippen molar-refractivity contribution >= 4 is 25.7 Å². The molecule has 0 bridgehead atoms. The number of hydrogen-bond acceptors (Lipinski definition) is 9. The van der Waals surface area contributed by atoms with E-state index in [1.807, 2.05) is 0 Å². The van der Waals surface area contributed by atoms with E-state index in [4.69, 9.17) is 24.8 Å². The summed E-state index contributed by atoms with van der Waals surface area (Å²) in [6, 6.07) is -1.52. The third kappa shape index (κ3) is 44.8. The highest BCUT2D eigenvalue weighted by atomic mass is 31.2. The summed E-state index contributed by atoms with van der Waals surface area (Å²) in [6.07, 6.45) is 48.5. The molecule has 0 aliphatic carbocycles. The van der Waals surface area contributed by atoms with Gasteiger partial charge in [0.25, 0.3) is 0 Å². The first kappa shape index (κ1) is 60.2. The van der Waals surface area contributed by atoms with Crippen LogP contribution in [-0.2, 0) is 37.5 Å². The number of ether oxygens (including phenoxy) is 2. The first-order valence-corrected chi connectivity index (χ1v) is 27.2. The number of unbranched alkanes of at least 4 members (excludes halogenated alkanes) is 33. The van der Waals surface area contributed by atoms with Crippen LogP contribution in [0, 0.1) is 0 Å². The van der Waals surface area contributed by atoms with E-state index in [-0.39, 0.29) is 19.4 Å². The fourth-order valence-electron chi connectivity index (χ4n) is 7.47. The summed E-state index contributed by atoms with van der Waals surface area (Å²) in [4.78, 5) is 46.1. The number of carboxylic acid groups (broad SMARTS) is 1. The Bertz CT molecular complexity index is 1110. The predicted molar refractivity (Wildman–Crippen MR) is 254 cm³/mol. The van der Waals surface area contributed by atoms with Crippen molar-refractivity contribution in [3.05, 3.63) is 12.2 Å². The number of esters is 2. The SMILES string of the molecule is CCCCCCCCCC/C=C/CCCCCC(=O)OC[C@@H](COP(=O)(O)OC[C@H](N)C(=O)O)OC(=O)CCCCCCCCCCCCCCCCCCCCCCCCC. The lowest BCUT2D eigenvalue weighted by molar-refractivity contribution is -0.161.